The molecule has 4 aromatic rings. The zero-order chi connectivity index (χ0) is 19.5. The fourth-order valence-electron chi connectivity index (χ4n) is 3.04. The summed E-state index contributed by atoms with van der Waals surface area (Å²) in [5, 5.41) is 14.5. The van der Waals surface area contributed by atoms with Crippen LogP contribution in [0, 0.1) is 13.8 Å². The van der Waals surface area contributed by atoms with E-state index in [0.717, 1.165) is 17.2 Å². The normalized spacial score (nSPS) is 11.1. The molecular weight excluding hydrogens is 392 g/mol. The lowest BCUT2D eigenvalue weighted by Gasteiger charge is -2.08. The largest absolute Gasteiger partial charge is 0.302 e. The minimum absolute atomic E-state index is 0.0472. The molecule has 0 aliphatic carbocycles. The van der Waals surface area contributed by atoms with Gasteiger partial charge in [0, 0.05) is 28.0 Å². The summed E-state index contributed by atoms with van der Waals surface area (Å²) in [6, 6.07) is 11.7. The highest BCUT2D eigenvalue weighted by molar-refractivity contribution is 7.99. The third-order valence-electron chi connectivity index (χ3n) is 4.33. The molecule has 0 saturated carbocycles. The van der Waals surface area contributed by atoms with E-state index in [9.17, 15) is 4.79 Å². The molecule has 0 aliphatic rings. The van der Waals surface area contributed by atoms with Gasteiger partial charge in [-0.2, -0.15) is 0 Å². The lowest BCUT2D eigenvalue weighted by molar-refractivity contribution is 0.102. The molecule has 0 bridgehead atoms. The molecule has 28 heavy (non-hydrogen) atoms. The molecule has 0 aromatic carbocycles. The van der Waals surface area contributed by atoms with Crippen LogP contribution in [0.4, 0.5) is 0 Å². The van der Waals surface area contributed by atoms with E-state index in [1.807, 2.05) is 60.2 Å². The third-order valence-corrected chi connectivity index (χ3v) is 6.15. The first-order valence-electron chi connectivity index (χ1n) is 8.68. The van der Waals surface area contributed by atoms with E-state index in [1.54, 1.807) is 22.2 Å². The maximum Gasteiger partial charge on any atom is 0.210 e. The van der Waals surface area contributed by atoms with Gasteiger partial charge in [-0.3, -0.25) is 4.79 Å². The minimum Gasteiger partial charge on any atom is -0.302 e. The molecule has 7 nitrogen and oxygen atoms in total. The van der Waals surface area contributed by atoms with Gasteiger partial charge in [0.25, 0.3) is 0 Å². The maximum absolute atomic E-state index is 12.9. The van der Waals surface area contributed by atoms with Gasteiger partial charge >= 0.3 is 0 Å². The van der Waals surface area contributed by atoms with Crippen LogP contribution in [0.3, 0.4) is 0 Å². The number of hydrogen-bond acceptors (Lipinski definition) is 7. The number of Topliss-reactive ketones (excluding diaryl/α,β-unsaturated/α-hetero) is 1. The molecule has 4 aromatic heterocycles. The summed E-state index contributed by atoms with van der Waals surface area (Å²) in [6.07, 6.45) is 1.75. The van der Waals surface area contributed by atoms with E-state index in [0.29, 0.717) is 17.3 Å². The predicted octanol–water partition coefficient (Wildman–Crippen LogP) is 3.56. The van der Waals surface area contributed by atoms with E-state index >= 15 is 0 Å². The Morgan fingerprint density at radius 2 is 2.11 bits per heavy atom. The van der Waals surface area contributed by atoms with E-state index in [2.05, 4.69) is 20.5 Å². The first-order chi connectivity index (χ1) is 13.6. The second kappa shape index (κ2) is 8.07. The van der Waals surface area contributed by atoms with Crippen LogP contribution in [0.5, 0.6) is 0 Å². The molecule has 4 rings (SSSR count). The van der Waals surface area contributed by atoms with Crippen molar-refractivity contribution >= 4 is 28.9 Å². The number of carbonyl (C=O) groups excluding carboxylic acids is 1. The number of nitrogens with zero attached hydrogens (tertiary/aromatic N) is 6. The standard InChI is InChI=1S/C19H18N6OS2/c1-13-10-16(14(2)25(13)18-7-3-4-8-20-18)17(26)12-28-19-21-22-23-24(19)11-15-6-5-9-27-15/h3-10H,11-12H2,1-2H3. The molecule has 0 spiro atoms. The summed E-state index contributed by atoms with van der Waals surface area (Å²) in [4.78, 5) is 18.4. The molecule has 0 N–H and O–H groups in total. The third kappa shape index (κ3) is 3.76. The number of rotatable bonds is 7. The van der Waals surface area contributed by atoms with Gasteiger partial charge in [-0.05, 0) is 53.9 Å². The van der Waals surface area contributed by atoms with Gasteiger partial charge < -0.3 is 4.57 Å². The summed E-state index contributed by atoms with van der Waals surface area (Å²) in [6.45, 7) is 4.53. The van der Waals surface area contributed by atoms with Gasteiger partial charge in [0.1, 0.15) is 5.82 Å². The number of pyridine rings is 1. The number of aromatic nitrogens is 6. The minimum atomic E-state index is 0.0472. The SMILES string of the molecule is Cc1cc(C(=O)CSc2nnnn2Cc2cccs2)c(C)n1-c1ccccn1. The van der Waals surface area contributed by atoms with Crippen LogP contribution in [0.2, 0.25) is 0 Å². The number of ketones is 1. The van der Waals surface area contributed by atoms with Crippen LogP contribution >= 0.6 is 23.1 Å². The highest BCUT2D eigenvalue weighted by Gasteiger charge is 2.18. The topological polar surface area (TPSA) is 78.5 Å². The molecule has 0 radical (unpaired) electrons. The molecule has 142 valence electrons. The Bertz CT molecular complexity index is 1090. The van der Waals surface area contributed by atoms with Gasteiger partial charge in [-0.1, -0.05) is 23.9 Å². The summed E-state index contributed by atoms with van der Waals surface area (Å²) >= 11 is 3.01. The highest BCUT2D eigenvalue weighted by Crippen LogP contribution is 2.23. The first kappa shape index (κ1) is 18.6. The monoisotopic (exact) mass is 410 g/mol. The van der Waals surface area contributed by atoms with Crippen molar-refractivity contribution in [1.29, 1.82) is 0 Å². The van der Waals surface area contributed by atoms with Crippen LogP contribution in [0.1, 0.15) is 26.6 Å². The number of thioether (sulfide) groups is 1. The molecule has 0 unspecified atom stereocenters. The van der Waals surface area contributed by atoms with Crippen molar-refractivity contribution in [2.24, 2.45) is 0 Å². The van der Waals surface area contributed by atoms with E-state index in [1.165, 1.54) is 16.6 Å². The molecule has 0 saturated heterocycles. The molecular formula is C19H18N6OS2. The molecule has 0 aliphatic heterocycles. The van der Waals surface area contributed by atoms with Crippen molar-refractivity contribution in [3.05, 3.63) is 69.8 Å². The van der Waals surface area contributed by atoms with Crippen molar-refractivity contribution in [3.63, 3.8) is 0 Å². The summed E-state index contributed by atoms with van der Waals surface area (Å²) < 4.78 is 3.72. The van der Waals surface area contributed by atoms with Crippen molar-refractivity contribution < 1.29 is 4.79 Å². The zero-order valence-corrected chi connectivity index (χ0v) is 17.1. The van der Waals surface area contributed by atoms with Crippen LogP contribution in [0.25, 0.3) is 5.82 Å². The summed E-state index contributed by atoms with van der Waals surface area (Å²) in [5.41, 5.74) is 2.57. The Morgan fingerprint density at radius 3 is 2.86 bits per heavy atom. The number of aryl methyl sites for hydroxylation is 1. The highest BCUT2D eigenvalue weighted by atomic mass is 32.2. The van der Waals surface area contributed by atoms with Gasteiger partial charge in [0.2, 0.25) is 5.16 Å². The Kier molecular flexibility index (Phi) is 5.36. The molecule has 4 heterocycles. The van der Waals surface area contributed by atoms with E-state index < -0.39 is 0 Å². The second-order valence-corrected chi connectivity index (χ2v) is 8.19. The first-order valence-corrected chi connectivity index (χ1v) is 10.5. The zero-order valence-electron chi connectivity index (χ0n) is 15.4. The number of carbonyl (C=O) groups is 1. The van der Waals surface area contributed by atoms with Crippen molar-refractivity contribution in [3.8, 4) is 5.82 Å². The Hall–Kier alpha value is -2.78. The lowest BCUT2D eigenvalue weighted by atomic mass is 10.2. The maximum atomic E-state index is 12.9. The summed E-state index contributed by atoms with van der Waals surface area (Å²) in [7, 11) is 0. The van der Waals surface area contributed by atoms with Crippen molar-refractivity contribution in [2.45, 2.75) is 25.5 Å². The fourth-order valence-corrected chi connectivity index (χ4v) is 4.49. The second-order valence-electron chi connectivity index (χ2n) is 6.22. The number of thiophene rings is 1. The van der Waals surface area contributed by atoms with Crippen LogP contribution in [0.15, 0.2) is 53.1 Å². The summed E-state index contributed by atoms with van der Waals surface area (Å²) in [5.74, 6) is 1.13. The molecule has 0 atom stereocenters. The predicted molar refractivity (Wildman–Crippen MR) is 109 cm³/mol. The van der Waals surface area contributed by atoms with Gasteiger partial charge in [-0.15, -0.1) is 16.4 Å². The van der Waals surface area contributed by atoms with Crippen LogP contribution < -0.4 is 0 Å². The fraction of sp³-hybridized carbons (Fsp3) is 0.211. The Labute approximate surface area is 170 Å². The Morgan fingerprint density at radius 1 is 1.21 bits per heavy atom. The molecule has 0 fully saturated rings. The van der Waals surface area contributed by atoms with E-state index in [-0.39, 0.29) is 11.5 Å². The number of hydrogen-bond donors (Lipinski definition) is 0. The lowest BCUT2D eigenvalue weighted by Crippen LogP contribution is -2.08. The van der Waals surface area contributed by atoms with Crippen molar-refractivity contribution in [1.82, 2.24) is 29.8 Å². The smallest absolute Gasteiger partial charge is 0.210 e. The van der Waals surface area contributed by atoms with Gasteiger partial charge in [-0.25, -0.2) is 9.67 Å². The van der Waals surface area contributed by atoms with Crippen LogP contribution in [-0.2, 0) is 6.54 Å². The quantitative estimate of drug-likeness (QED) is 0.342. The Balaban J connectivity index is 1.49. The van der Waals surface area contributed by atoms with Gasteiger partial charge in [0.15, 0.2) is 5.78 Å². The van der Waals surface area contributed by atoms with Crippen LogP contribution in [-0.4, -0.2) is 41.3 Å². The molecule has 9 heteroatoms. The van der Waals surface area contributed by atoms with E-state index in [4.69, 9.17) is 0 Å². The van der Waals surface area contributed by atoms with Crippen molar-refractivity contribution in [2.75, 3.05) is 5.75 Å². The average molecular weight is 411 g/mol. The molecule has 0 amide bonds. The average Bonchev–Trinajstić information content (AvgIpc) is 3.43. The van der Waals surface area contributed by atoms with Gasteiger partial charge in [0.05, 0.1) is 12.3 Å². The number of tetrazole rings is 1.